The molecule has 0 unspecified atom stereocenters. The molecule has 0 bridgehead atoms. The number of benzene rings is 3. The zero-order valence-electron chi connectivity index (χ0n) is 16.2. The first-order valence-electron chi connectivity index (χ1n) is 9.25. The van der Waals surface area contributed by atoms with Crippen molar-refractivity contribution in [3.63, 3.8) is 0 Å². The van der Waals surface area contributed by atoms with E-state index in [1.165, 1.54) is 5.19 Å². The molecular formula is C22H21NSi. The second-order valence-electron chi connectivity index (χ2n) is 7.24. The van der Waals surface area contributed by atoms with Gasteiger partial charge >= 0.3 is 0 Å². The van der Waals surface area contributed by atoms with Crippen LogP contribution in [-0.4, -0.2) is 13.1 Å². The first kappa shape index (κ1) is 12.9. The zero-order chi connectivity index (χ0) is 18.5. The van der Waals surface area contributed by atoms with E-state index < -0.39 is 8.07 Å². The Labute approximate surface area is 146 Å². The molecule has 4 rings (SSSR count). The fourth-order valence-corrected chi connectivity index (χ4v) is 4.05. The van der Waals surface area contributed by atoms with Gasteiger partial charge in [0, 0.05) is 11.8 Å². The van der Waals surface area contributed by atoms with Gasteiger partial charge in [-0.15, -0.1) is 0 Å². The van der Waals surface area contributed by atoms with Crippen molar-refractivity contribution in [2.75, 3.05) is 0 Å². The van der Waals surface area contributed by atoms with Crippen LogP contribution in [0.2, 0.25) is 19.6 Å². The van der Waals surface area contributed by atoms with Gasteiger partial charge in [-0.2, -0.15) is 0 Å². The Morgan fingerprint density at radius 3 is 2.33 bits per heavy atom. The molecule has 24 heavy (non-hydrogen) atoms. The smallest absolute Gasteiger partial charge is 0.0796 e. The van der Waals surface area contributed by atoms with E-state index in [0.29, 0.717) is 0 Å². The lowest BCUT2D eigenvalue weighted by molar-refractivity contribution is 1.34. The standard InChI is InChI=1S/C22H21NSi/c1-24(2,3)19-11-13-22(23-15-19)18-10-12-21-17(14-18)9-8-16-6-4-5-7-20(16)21/h4-15H,1-3H3/i8D,9D. The van der Waals surface area contributed by atoms with Crippen LogP contribution >= 0.6 is 0 Å². The van der Waals surface area contributed by atoms with Crippen molar-refractivity contribution in [3.05, 3.63) is 72.9 Å². The molecule has 1 nitrogen and oxygen atoms in total. The molecular weight excluding hydrogens is 306 g/mol. The van der Waals surface area contributed by atoms with Gasteiger partial charge in [0.05, 0.1) is 16.5 Å². The summed E-state index contributed by atoms with van der Waals surface area (Å²) in [6.45, 7) is 6.94. The molecule has 0 N–H and O–H groups in total. The lowest BCUT2D eigenvalue weighted by atomic mass is 9.99. The van der Waals surface area contributed by atoms with Gasteiger partial charge in [0.1, 0.15) is 0 Å². The largest absolute Gasteiger partial charge is 0.256 e. The summed E-state index contributed by atoms with van der Waals surface area (Å²) >= 11 is 0. The van der Waals surface area contributed by atoms with E-state index in [-0.39, 0.29) is 12.1 Å². The van der Waals surface area contributed by atoms with E-state index in [1.807, 2.05) is 36.5 Å². The van der Waals surface area contributed by atoms with E-state index in [2.05, 4.69) is 48.9 Å². The maximum Gasteiger partial charge on any atom is 0.0796 e. The van der Waals surface area contributed by atoms with E-state index in [1.54, 1.807) is 0 Å². The molecule has 0 saturated heterocycles. The number of pyridine rings is 1. The van der Waals surface area contributed by atoms with Crippen LogP contribution in [0.25, 0.3) is 32.8 Å². The minimum absolute atomic E-state index is 0.277. The van der Waals surface area contributed by atoms with Gasteiger partial charge in [-0.05, 0) is 38.9 Å². The van der Waals surface area contributed by atoms with Crippen LogP contribution in [0.15, 0.2) is 72.9 Å². The van der Waals surface area contributed by atoms with Gasteiger partial charge in [0.15, 0.2) is 0 Å². The predicted molar refractivity (Wildman–Crippen MR) is 108 cm³/mol. The van der Waals surface area contributed by atoms with Crippen molar-refractivity contribution >= 4 is 34.8 Å². The minimum Gasteiger partial charge on any atom is -0.256 e. The molecule has 0 radical (unpaired) electrons. The summed E-state index contributed by atoms with van der Waals surface area (Å²) in [6.07, 6.45) is 1.99. The molecule has 0 saturated carbocycles. The summed E-state index contributed by atoms with van der Waals surface area (Å²) in [7, 11) is -1.37. The first-order valence-corrected chi connectivity index (χ1v) is 11.7. The Morgan fingerprint density at radius 2 is 1.58 bits per heavy atom. The van der Waals surface area contributed by atoms with Crippen LogP contribution in [0.1, 0.15) is 2.74 Å². The molecule has 2 heteroatoms. The minimum atomic E-state index is -1.37. The summed E-state index contributed by atoms with van der Waals surface area (Å²) in [5.74, 6) is 0. The van der Waals surface area contributed by atoms with Gasteiger partial charge in [-0.25, -0.2) is 0 Å². The number of hydrogen-bond acceptors (Lipinski definition) is 1. The highest BCUT2D eigenvalue weighted by molar-refractivity contribution is 6.88. The SMILES string of the molecule is [2H]c1c([2H])c2cc(-c3ccc([Si](C)(C)C)cn3)ccc2c2ccccc12. The molecule has 0 aliphatic carbocycles. The Balaban J connectivity index is 1.91. The quantitative estimate of drug-likeness (QED) is 0.344. The van der Waals surface area contributed by atoms with E-state index in [9.17, 15) is 0 Å². The number of nitrogens with zero attached hydrogens (tertiary/aromatic N) is 1. The Morgan fingerprint density at radius 1 is 0.833 bits per heavy atom. The average molecular weight is 330 g/mol. The van der Waals surface area contributed by atoms with Crippen molar-refractivity contribution in [3.8, 4) is 11.3 Å². The highest BCUT2D eigenvalue weighted by Gasteiger charge is 2.16. The van der Waals surface area contributed by atoms with Crippen LogP contribution in [0.3, 0.4) is 0 Å². The molecule has 118 valence electrons. The van der Waals surface area contributed by atoms with Crippen LogP contribution in [0.5, 0.6) is 0 Å². The fourth-order valence-electron chi connectivity index (χ4n) is 3.01. The molecule has 0 fully saturated rings. The van der Waals surface area contributed by atoms with Crippen molar-refractivity contribution in [2.24, 2.45) is 0 Å². The maximum atomic E-state index is 8.44. The highest BCUT2D eigenvalue weighted by atomic mass is 28.3. The summed E-state index contributed by atoms with van der Waals surface area (Å²) in [5.41, 5.74) is 1.90. The Hall–Kier alpha value is -2.45. The molecule has 4 aromatic rings. The third-order valence-electron chi connectivity index (χ3n) is 4.49. The summed E-state index contributed by atoms with van der Waals surface area (Å²) in [6, 6.07) is 18.8. The summed E-state index contributed by atoms with van der Waals surface area (Å²) in [5, 5.41) is 5.02. The topological polar surface area (TPSA) is 12.9 Å². The van der Waals surface area contributed by atoms with Gasteiger partial charge in [-0.1, -0.05) is 74.2 Å². The third kappa shape index (κ3) is 2.63. The maximum absolute atomic E-state index is 8.44. The van der Waals surface area contributed by atoms with Gasteiger partial charge in [-0.3, -0.25) is 4.98 Å². The zero-order valence-corrected chi connectivity index (χ0v) is 15.2. The first-order chi connectivity index (χ1) is 12.4. The van der Waals surface area contributed by atoms with Crippen molar-refractivity contribution in [1.82, 2.24) is 4.98 Å². The average Bonchev–Trinajstić information content (AvgIpc) is 2.65. The van der Waals surface area contributed by atoms with Crippen molar-refractivity contribution in [1.29, 1.82) is 0 Å². The molecule has 0 spiro atoms. The van der Waals surface area contributed by atoms with Crippen LogP contribution < -0.4 is 5.19 Å². The van der Waals surface area contributed by atoms with Gasteiger partial charge < -0.3 is 0 Å². The number of hydrogen-bond donors (Lipinski definition) is 0. The predicted octanol–water partition coefficient (Wildman–Crippen LogP) is 5.60. The molecule has 1 heterocycles. The van der Waals surface area contributed by atoms with E-state index >= 15 is 0 Å². The monoisotopic (exact) mass is 329 g/mol. The lowest BCUT2D eigenvalue weighted by Gasteiger charge is -2.16. The number of aromatic nitrogens is 1. The molecule has 0 aliphatic rings. The van der Waals surface area contributed by atoms with Crippen LogP contribution in [0.4, 0.5) is 0 Å². The van der Waals surface area contributed by atoms with Gasteiger partial charge in [0.2, 0.25) is 0 Å². The molecule has 1 aromatic heterocycles. The normalized spacial score (nSPS) is 13.1. The van der Waals surface area contributed by atoms with Crippen molar-refractivity contribution < 1.29 is 2.74 Å². The summed E-state index contributed by atoms with van der Waals surface area (Å²) in [4.78, 5) is 4.66. The fraction of sp³-hybridized carbons (Fsp3) is 0.136. The van der Waals surface area contributed by atoms with Gasteiger partial charge in [0.25, 0.3) is 0 Å². The second kappa shape index (κ2) is 5.57. The summed E-state index contributed by atoms with van der Waals surface area (Å²) < 4.78 is 16.8. The lowest BCUT2D eigenvalue weighted by Crippen LogP contribution is -2.37. The number of rotatable bonds is 2. The van der Waals surface area contributed by atoms with Crippen LogP contribution in [-0.2, 0) is 0 Å². The molecule has 0 amide bonds. The third-order valence-corrected chi connectivity index (χ3v) is 6.52. The van der Waals surface area contributed by atoms with Crippen molar-refractivity contribution in [2.45, 2.75) is 19.6 Å². The van der Waals surface area contributed by atoms with E-state index in [4.69, 9.17) is 2.74 Å². The highest BCUT2D eigenvalue weighted by Crippen LogP contribution is 2.28. The molecule has 3 aromatic carbocycles. The molecule has 0 atom stereocenters. The Bertz CT molecular complexity index is 1130. The van der Waals surface area contributed by atoms with Crippen LogP contribution in [0, 0.1) is 0 Å². The Kier molecular flexibility index (Phi) is 2.99. The molecule has 0 aliphatic heterocycles. The van der Waals surface area contributed by atoms with E-state index in [0.717, 1.165) is 32.8 Å². The number of fused-ring (bicyclic) bond motifs is 3. The second-order valence-corrected chi connectivity index (χ2v) is 12.3.